The van der Waals surface area contributed by atoms with E-state index in [0.717, 1.165) is 21.8 Å². The molecule has 0 saturated heterocycles. The van der Waals surface area contributed by atoms with Crippen LogP contribution in [0.4, 0.5) is 0 Å². The van der Waals surface area contributed by atoms with Crippen molar-refractivity contribution in [3.63, 3.8) is 0 Å². The molecule has 0 radical (unpaired) electrons. The molecule has 0 aliphatic rings. The number of hydrogen-bond donors (Lipinski definition) is 0. The minimum atomic E-state index is 0.582. The number of aromatic nitrogens is 2. The normalized spacial score (nSPS) is 12.0. The fourth-order valence-electron chi connectivity index (χ4n) is 3.75. The Hall–Kier alpha value is -3.46. The van der Waals surface area contributed by atoms with Crippen LogP contribution in [0.1, 0.15) is 0 Å². The molecule has 6 rings (SSSR count). The van der Waals surface area contributed by atoms with Crippen molar-refractivity contribution in [3.05, 3.63) is 73.1 Å². The van der Waals surface area contributed by atoms with E-state index in [0.29, 0.717) is 5.71 Å². The average Bonchev–Trinajstić information content (AvgIpc) is 3.11. The molecule has 3 nitrogen and oxygen atoms in total. The zero-order valence-corrected chi connectivity index (χ0v) is 13.2. The summed E-state index contributed by atoms with van der Waals surface area (Å²) in [6.45, 7) is 0. The molecule has 0 amide bonds. The Morgan fingerprint density at radius 2 is 1.44 bits per heavy atom. The van der Waals surface area contributed by atoms with E-state index >= 15 is 0 Å². The molecule has 4 aromatic carbocycles. The highest BCUT2D eigenvalue weighted by Crippen LogP contribution is 2.33. The molecule has 25 heavy (non-hydrogen) atoms. The lowest BCUT2D eigenvalue weighted by Crippen LogP contribution is -1.85. The first-order valence-electron chi connectivity index (χ1n) is 8.25. The predicted octanol–water partition coefficient (Wildman–Crippen LogP) is 5.84. The van der Waals surface area contributed by atoms with Crippen molar-refractivity contribution in [2.45, 2.75) is 0 Å². The Bertz CT molecular complexity index is 1450. The van der Waals surface area contributed by atoms with Gasteiger partial charge in [-0.1, -0.05) is 48.5 Å². The summed E-state index contributed by atoms with van der Waals surface area (Å²) in [4.78, 5) is 8.91. The molecule has 6 aromatic rings. The summed E-state index contributed by atoms with van der Waals surface area (Å²) < 4.78 is 5.40. The van der Waals surface area contributed by atoms with Gasteiger partial charge >= 0.3 is 0 Å². The highest BCUT2D eigenvalue weighted by Gasteiger charge is 2.09. The van der Waals surface area contributed by atoms with Gasteiger partial charge in [-0.2, -0.15) is 0 Å². The third-order valence-corrected chi connectivity index (χ3v) is 4.97. The number of benzene rings is 4. The van der Waals surface area contributed by atoms with E-state index in [2.05, 4.69) is 65.6 Å². The quantitative estimate of drug-likeness (QED) is 0.261. The zero-order valence-electron chi connectivity index (χ0n) is 13.2. The van der Waals surface area contributed by atoms with Crippen LogP contribution in [0.15, 0.2) is 77.5 Å². The van der Waals surface area contributed by atoms with Gasteiger partial charge in [0, 0.05) is 10.8 Å². The molecule has 2 heterocycles. The van der Waals surface area contributed by atoms with Crippen LogP contribution < -0.4 is 0 Å². The molecule has 0 spiro atoms. The first-order chi connectivity index (χ1) is 12.4. The zero-order chi connectivity index (χ0) is 16.4. The lowest BCUT2D eigenvalue weighted by atomic mass is 9.97. The molecular weight excluding hydrogens is 308 g/mol. The fourth-order valence-corrected chi connectivity index (χ4v) is 3.75. The molecule has 0 aliphatic heterocycles. The first kappa shape index (κ1) is 12.9. The summed E-state index contributed by atoms with van der Waals surface area (Å²) in [5.74, 6) is 0. The SMILES string of the molecule is c1ccc2cc3c(ccc4c3ccc3cc5ncoc5nc34)cc2c1. The summed E-state index contributed by atoms with van der Waals surface area (Å²) >= 11 is 0. The predicted molar refractivity (Wildman–Crippen MR) is 102 cm³/mol. The van der Waals surface area contributed by atoms with Crippen LogP contribution in [0, 0.1) is 0 Å². The molecule has 0 aliphatic carbocycles. The molecule has 0 fully saturated rings. The Kier molecular flexibility index (Phi) is 2.35. The largest absolute Gasteiger partial charge is 0.425 e. The van der Waals surface area contributed by atoms with E-state index in [-0.39, 0.29) is 0 Å². The highest BCUT2D eigenvalue weighted by atomic mass is 16.3. The second-order valence-corrected chi connectivity index (χ2v) is 6.38. The molecule has 116 valence electrons. The third kappa shape index (κ3) is 1.75. The van der Waals surface area contributed by atoms with E-state index < -0.39 is 0 Å². The monoisotopic (exact) mass is 320 g/mol. The van der Waals surface area contributed by atoms with Gasteiger partial charge in [-0.3, -0.25) is 0 Å². The van der Waals surface area contributed by atoms with E-state index in [4.69, 9.17) is 9.40 Å². The van der Waals surface area contributed by atoms with Crippen molar-refractivity contribution < 1.29 is 4.42 Å². The van der Waals surface area contributed by atoms with Gasteiger partial charge in [-0.15, -0.1) is 0 Å². The van der Waals surface area contributed by atoms with Gasteiger partial charge < -0.3 is 4.42 Å². The molecular formula is C22H12N2O. The summed E-state index contributed by atoms with van der Waals surface area (Å²) in [5, 5.41) is 8.43. The number of hydrogen-bond acceptors (Lipinski definition) is 3. The molecule has 0 bridgehead atoms. The second-order valence-electron chi connectivity index (χ2n) is 6.38. The minimum absolute atomic E-state index is 0.582. The Balaban J connectivity index is 1.82. The molecule has 0 unspecified atom stereocenters. The summed E-state index contributed by atoms with van der Waals surface area (Å²) in [7, 11) is 0. The third-order valence-electron chi connectivity index (χ3n) is 4.97. The van der Waals surface area contributed by atoms with E-state index in [9.17, 15) is 0 Å². The molecule has 0 N–H and O–H groups in total. The number of nitrogens with zero attached hydrogens (tertiary/aromatic N) is 2. The van der Waals surface area contributed by atoms with Crippen LogP contribution in [-0.4, -0.2) is 9.97 Å². The highest BCUT2D eigenvalue weighted by molar-refractivity contribution is 6.18. The summed E-state index contributed by atoms with van der Waals surface area (Å²) in [6.07, 6.45) is 1.44. The van der Waals surface area contributed by atoms with Crippen molar-refractivity contribution in [2.24, 2.45) is 0 Å². The van der Waals surface area contributed by atoms with Gasteiger partial charge in [0.25, 0.3) is 0 Å². The number of rotatable bonds is 0. The Morgan fingerprint density at radius 1 is 0.640 bits per heavy atom. The van der Waals surface area contributed by atoms with Gasteiger partial charge in [-0.25, -0.2) is 9.97 Å². The van der Waals surface area contributed by atoms with Crippen LogP contribution in [0.2, 0.25) is 0 Å². The number of oxazole rings is 1. The van der Waals surface area contributed by atoms with Crippen molar-refractivity contribution in [1.29, 1.82) is 0 Å². The van der Waals surface area contributed by atoms with Crippen LogP contribution in [0.25, 0.3) is 54.5 Å². The molecule has 2 aromatic heterocycles. The summed E-state index contributed by atoms with van der Waals surface area (Å²) in [6, 6.07) is 23.7. The van der Waals surface area contributed by atoms with Crippen LogP contribution in [0.5, 0.6) is 0 Å². The second kappa shape index (κ2) is 4.54. The Labute approximate surface area is 142 Å². The van der Waals surface area contributed by atoms with E-state index in [1.807, 2.05) is 6.07 Å². The molecule has 0 atom stereocenters. The topological polar surface area (TPSA) is 38.9 Å². The average molecular weight is 320 g/mol. The maximum absolute atomic E-state index is 5.40. The minimum Gasteiger partial charge on any atom is -0.425 e. The Morgan fingerprint density at radius 3 is 2.36 bits per heavy atom. The van der Waals surface area contributed by atoms with Gasteiger partial charge in [0.15, 0.2) is 6.39 Å². The number of fused-ring (bicyclic) bond motifs is 7. The summed E-state index contributed by atoms with van der Waals surface area (Å²) in [5.41, 5.74) is 2.33. The standard InChI is InChI=1S/C22H12N2O/c1-2-4-14-10-19-15(9-13(14)3-1)5-8-18-17(19)7-6-16-11-20-22(24-21(16)18)25-12-23-20/h1-12H. The van der Waals surface area contributed by atoms with Crippen molar-refractivity contribution >= 4 is 54.5 Å². The van der Waals surface area contributed by atoms with Gasteiger partial charge in [0.05, 0.1) is 5.52 Å². The lowest BCUT2D eigenvalue weighted by Gasteiger charge is -2.08. The smallest absolute Gasteiger partial charge is 0.247 e. The van der Waals surface area contributed by atoms with Crippen LogP contribution in [0.3, 0.4) is 0 Å². The lowest BCUT2D eigenvalue weighted by molar-refractivity contribution is 0.592. The van der Waals surface area contributed by atoms with Crippen molar-refractivity contribution in [3.8, 4) is 0 Å². The van der Waals surface area contributed by atoms with Gasteiger partial charge in [0.1, 0.15) is 5.52 Å². The number of pyridine rings is 1. The van der Waals surface area contributed by atoms with E-state index in [1.54, 1.807) is 0 Å². The van der Waals surface area contributed by atoms with Crippen molar-refractivity contribution in [2.75, 3.05) is 0 Å². The molecule has 0 saturated carbocycles. The maximum Gasteiger partial charge on any atom is 0.247 e. The maximum atomic E-state index is 5.40. The van der Waals surface area contributed by atoms with Crippen molar-refractivity contribution in [1.82, 2.24) is 9.97 Å². The molecule has 3 heteroatoms. The van der Waals surface area contributed by atoms with Gasteiger partial charge in [0.2, 0.25) is 5.71 Å². The van der Waals surface area contributed by atoms with E-state index in [1.165, 1.54) is 33.3 Å². The van der Waals surface area contributed by atoms with Crippen LogP contribution in [-0.2, 0) is 0 Å². The fraction of sp³-hybridized carbons (Fsp3) is 0. The first-order valence-corrected chi connectivity index (χ1v) is 8.25. The van der Waals surface area contributed by atoms with Gasteiger partial charge in [-0.05, 0) is 45.1 Å². The van der Waals surface area contributed by atoms with Crippen LogP contribution >= 0.6 is 0 Å².